The fourth-order valence-electron chi connectivity index (χ4n) is 3.01. The van der Waals surface area contributed by atoms with Crippen molar-refractivity contribution >= 4 is 12.0 Å². The van der Waals surface area contributed by atoms with Gasteiger partial charge in [-0.2, -0.15) is 10.4 Å². The molecule has 1 heterocycles. The monoisotopic (exact) mass is 386 g/mol. The van der Waals surface area contributed by atoms with Crippen molar-refractivity contribution in [3.05, 3.63) is 71.4 Å². The van der Waals surface area contributed by atoms with E-state index < -0.39 is 5.91 Å². The molecule has 0 saturated heterocycles. The van der Waals surface area contributed by atoms with Gasteiger partial charge in [-0.25, -0.2) is 4.68 Å². The van der Waals surface area contributed by atoms with Crippen LogP contribution in [0.3, 0.4) is 0 Å². The Labute approximate surface area is 170 Å². The first kappa shape index (κ1) is 19.9. The van der Waals surface area contributed by atoms with Crippen molar-refractivity contribution in [1.82, 2.24) is 15.1 Å². The van der Waals surface area contributed by atoms with Crippen LogP contribution in [0.25, 0.3) is 23.0 Å². The van der Waals surface area contributed by atoms with Crippen LogP contribution in [0.4, 0.5) is 0 Å². The number of rotatable bonds is 6. The Morgan fingerprint density at radius 3 is 2.66 bits per heavy atom. The summed E-state index contributed by atoms with van der Waals surface area (Å²) in [5, 5.41) is 16.6. The molecule has 3 aromatic rings. The van der Waals surface area contributed by atoms with E-state index in [4.69, 9.17) is 9.84 Å². The number of hydrogen-bond acceptors (Lipinski definition) is 4. The number of benzene rings is 2. The highest BCUT2D eigenvalue weighted by Gasteiger charge is 2.16. The summed E-state index contributed by atoms with van der Waals surface area (Å²) < 4.78 is 7.32. The quantitative estimate of drug-likeness (QED) is 0.515. The first-order chi connectivity index (χ1) is 14.1. The zero-order valence-corrected chi connectivity index (χ0v) is 16.6. The Balaban J connectivity index is 2.17. The van der Waals surface area contributed by atoms with Gasteiger partial charge in [0.05, 0.1) is 12.3 Å². The Morgan fingerprint density at radius 1 is 1.28 bits per heavy atom. The minimum Gasteiger partial charge on any atom is -0.494 e. The van der Waals surface area contributed by atoms with Crippen molar-refractivity contribution in [2.24, 2.45) is 0 Å². The highest BCUT2D eigenvalue weighted by Crippen LogP contribution is 2.30. The predicted octanol–water partition coefficient (Wildman–Crippen LogP) is 3.90. The van der Waals surface area contributed by atoms with Crippen LogP contribution in [0, 0.1) is 18.3 Å². The molecule has 146 valence electrons. The molecule has 29 heavy (non-hydrogen) atoms. The number of aryl methyl sites for hydroxylation is 1. The number of nitrogens with zero attached hydrogens (tertiary/aromatic N) is 3. The first-order valence-corrected chi connectivity index (χ1v) is 9.30. The average Bonchev–Trinajstić information content (AvgIpc) is 3.16. The minimum atomic E-state index is -0.436. The van der Waals surface area contributed by atoms with Crippen LogP contribution in [-0.4, -0.2) is 29.3 Å². The first-order valence-electron chi connectivity index (χ1n) is 9.30. The molecule has 1 N–H and O–H groups in total. The minimum absolute atomic E-state index is 0.0185. The highest BCUT2D eigenvalue weighted by atomic mass is 16.5. The second-order valence-electron chi connectivity index (χ2n) is 6.37. The van der Waals surface area contributed by atoms with Crippen molar-refractivity contribution in [3.63, 3.8) is 0 Å². The molecule has 0 unspecified atom stereocenters. The van der Waals surface area contributed by atoms with Crippen molar-refractivity contribution in [3.8, 4) is 28.8 Å². The molecule has 1 amide bonds. The fourth-order valence-corrected chi connectivity index (χ4v) is 3.01. The van der Waals surface area contributed by atoms with Crippen molar-refractivity contribution in [2.45, 2.75) is 13.8 Å². The van der Waals surface area contributed by atoms with Gasteiger partial charge in [-0.05, 0) is 55.8 Å². The maximum atomic E-state index is 12.0. The van der Waals surface area contributed by atoms with E-state index in [-0.39, 0.29) is 5.57 Å². The van der Waals surface area contributed by atoms with Crippen LogP contribution in [0.1, 0.15) is 18.1 Å². The van der Waals surface area contributed by atoms with Crippen LogP contribution in [0.5, 0.6) is 5.75 Å². The molecular formula is C23H22N4O2. The summed E-state index contributed by atoms with van der Waals surface area (Å²) in [7, 11) is 1.50. The molecule has 0 fully saturated rings. The van der Waals surface area contributed by atoms with Gasteiger partial charge < -0.3 is 10.1 Å². The molecule has 6 heteroatoms. The number of nitriles is 1. The van der Waals surface area contributed by atoms with Crippen LogP contribution in [-0.2, 0) is 4.79 Å². The van der Waals surface area contributed by atoms with Gasteiger partial charge in [-0.15, -0.1) is 0 Å². The number of carbonyl (C=O) groups excluding carboxylic acids is 1. The number of amides is 1. The second kappa shape index (κ2) is 8.89. The number of hydrogen-bond donors (Lipinski definition) is 1. The SMILES string of the molecule is CCOc1ccc(-c2nn(-c3ccccc3)cc2/C=C(\C#N)C(=O)NC)c(C)c1. The lowest BCUT2D eigenvalue weighted by Gasteiger charge is -2.08. The molecule has 0 aliphatic carbocycles. The van der Waals surface area contributed by atoms with Crippen LogP contribution in [0.2, 0.25) is 0 Å². The van der Waals surface area contributed by atoms with Gasteiger partial charge in [-0.1, -0.05) is 18.2 Å². The summed E-state index contributed by atoms with van der Waals surface area (Å²) in [6.45, 7) is 4.51. The molecule has 3 rings (SSSR count). The summed E-state index contributed by atoms with van der Waals surface area (Å²) in [5.41, 5.74) is 4.17. The van der Waals surface area contributed by atoms with Gasteiger partial charge in [-0.3, -0.25) is 4.79 Å². The third kappa shape index (κ3) is 4.36. The van der Waals surface area contributed by atoms with E-state index in [1.54, 1.807) is 10.8 Å². The molecule has 1 aromatic heterocycles. The molecule has 0 aliphatic rings. The van der Waals surface area contributed by atoms with Crippen molar-refractivity contribution < 1.29 is 9.53 Å². The van der Waals surface area contributed by atoms with Crippen molar-refractivity contribution in [1.29, 1.82) is 5.26 Å². The third-order valence-electron chi connectivity index (χ3n) is 4.42. The largest absolute Gasteiger partial charge is 0.494 e. The number of aromatic nitrogens is 2. The van der Waals surface area contributed by atoms with E-state index in [2.05, 4.69) is 5.32 Å². The van der Waals surface area contributed by atoms with E-state index in [1.807, 2.05) is 74.6 Å². The third-order valence-corrected chi connectivity index (χ3v) is 4.42. The zero-order valence-electron chi connectivity index (χ0n) is 16.6. The predicted molar refractivity (Wildman–Crippen MR) is 113 cm³/mol. The summed E-state index contributed by atoms with van der Waals surface area (Å²) in [5.74, 6) is 0.353. The van der Waals surface area contributed by atoms with E-state index >= 15 is 0 Å². The van der Waals surface area contributed by atoms with E-state index in [1.165, 1.54) is 7.05 Å². The summed E-state index contributed by atoms with van der Waals surface area (Å²) >= 11 is 0. The van der Waals surface area contributed by atoms with Gasteiger partial charge in [0.15, 0.2) is 0 Å². The van der Waals surface area contributed by atoms with Crippen LogP contribution >= 0.6 is 0 Å². The normalized spacial score (nSPS) is 11.0. The highest BCUT2D eigenvalue weighted by molar-refractivity contribution is 6.02. The molecule has 0 spiro atoms. The average molecular weight is 386 g/mol. The van der Waals surface area contributed by atoms with Crippen LogP contribution in [0.15, 0.2) is 60.3 Å². The molecule has 0 saturated carbocycles. The number of nitrogens with one attached hydrogen (secondary N) is 1. The number of likely N-dealkylation sites (N-methyl/N-ethyl adjacent to an activating group) is 1. The maximum Gasteiger partial charge on any atom is 0.261 e. The van der Waals surface area contributed by atoms with Gasteiger partial charge in [0.1, 0.15) is 23.1 Å². The van der Waals surface area contributed by atoms with Gasteiger partial charge >= 0.3 is 0 Å². The number of carbonyl (C=O) groups is 1. The van der Waals surface area contributed by atoms with Gasteiger partial charge in [0, 0.05) is 24.4 Å². The number of para-hydroxylation sites is 1. The summed E-state index contributed by atoms with van der Waals surface area (Å²) in [6, 6.07) is 17.4. The fraction of sp³-hybridized carbons (Fsp3) is 0.174. The molecule has 2 aromatic carbocycles. The smallest absolute Gasteiger partial charge is 0.261 e. The Morgan fingerprint density at radius 2 is 2.03 bits per heavy atom. The van der Waals surface area contributed by atoms with Gasteiger partial charge in [0.25, 0.3) is 5.91 Å². The molecule has 0 bridgehead atoms. The molecular weight excluding hydrogens is 364 g/mol. The Bertz CT molecular complexity index is 1090. The Kier molecular flexibility index (Phi) is 6.10. The lowest BCUT2D eigenvalue weighted by atomic mass is 10.0. The van der Waals surface area contributed by atoms with Crippen LogP contribution < -0.4 is 10.1 Å². The topological polar surface area (TPSA) is 79.9 Å². The van der Waals surface area contributed by atoms with Crippen molar-refractivity contribution in [2.75, 3.05) is 13.7 Å². The molecule has 0 atom stereocenters. The lowest BCUT2D eigenvalue weighted by Crippen LogP contribution is -2.19. The van der Waals surface area contributed by atoms with E-state index in [0.717, 1.165) is 22.6 Å². The zero-order chi connectivity index (χ0) is 20.8. The second-order valence-corrected chi connectivity index (χ2v) is 6.37. The van der Waals surface area contributed by atoms with E-state index in [0.29, 0.717) is 17.9 Å². The molecule has 6 nitrogen and oxygen atoms in total. The molecule has 0 aliphatic heterocycles. The van der Waals surface area contributed by atoms with Gasteiger partial charge in [0.2, 0.25) is 0 Å². The Hall–Kier alpha value is -3.85. The number of ether oxygens (including phenoxy) is 1. The van der Waals surface area contributed by atoms with E-state index in [9.17, 15) is 10.1 Å². The summed E-state index contributed by atoms with van der Waals surface area (Å²) in [4.78, 5) is 12.0. The standard InChI is InChI=1S/C23H22N4O2/c1-4-29-20-10-11-21(16(2)12-20)22-18(13-17(14-24)23(28)25-3)15-27(26-22)19-8-6-5-7-9-19/h5-13,15H,4H2,1-3H3,(H,25,28)/b17-13+. The maximum absolute atomic E-state index is 12.0. The lowest BCUT2D eigenvalue weighted by molar-refractivity contribution is -0.116. The summed E-state index contributed by atoms with van der Waals surface area (Å²) in [6.07, 6.45) is 3.39. The molecule has 0 radical (unpaired) electrons.